The Labute approximate surface area is 111 Å². The van der Waals surface area contributed by atoms with Gasteiger partial charge in [-0.3, -0.25) is 9.59 Å². The van der Waals surface area contributed by atoms with Crippen LogP contribution in [0.4, 0.5) is 8.78 Å². The number of carboxylic acid groups (broad SMARTS) is 1. The SMILES string of the molecule is CCCC(CNC(=O)C1CCC(F)(F)CC1)C(=O)O. The molecule has 1 saturated carbocycles. The van der Waals surface area contributed by atoms with Crippen LogP contribution in [0.25, 0.3) is 0 Å². The highest BCUT2D eigenvalue weighted by Gasteiger charge is 2.37. The van der Waals surface area contributed by atoms with Crippen molar-refractivity contribution < 1.29 is 23.5 Å². The summed E-state index contributed by atoms with van der Waals surface area (Å²) < 4.78 is 25.9. The molecule has 6 heteroatoms. The van der Waals surface area contributed by atoms with Crippen molar-refractivity contribution in [2.75, 3.05) is 6.54 Å². The minimum atomic E-state index is -2.65. The molecule has 0 saturated heterocycles. The molecule has 1 fully saturated rings. The number of hydrogen-bond donors (Lipinski definition) is 2. The lowest BCUT2D eigenvalue weighted by Crippen LogP contribution is -2.39. The fourth-order valence-corrected chi connectivity index (χ4v) is 2.33. The van der Waals surface area contributed by atoms with E-state index < -0.39 is 23.7 Å². The second-order valence-corrected chi connectivity index (χ2v) is 5.20. The van der Waals surface area contributed by atoms with Crippen molar-refractivity contribution in [3.8, 4) is 0 Å². The molecular weight excluding hydrogens is 256 g/mol. The van der Waals surface area contributed by atoms with Gasteiger partial charge in [0.2, 0.25) is 11.8 Å². The molecule has 110 valence electrons. The molecule has 0 aromatic rings. The van der Waals surface area contributed by atoms with Crippen molar-refractivity contribution in [1.29, 1.82) is 0 Å². The van der Waals surface area contributed by atoms with E-state index in [1.165, 1.54) is 0 Å². The van der Waals surface area contributed by atoms with Gasteiger partial charge < -0.3 is 10.4 Å². The third-order valence-electron chi connectivity index (χ3n) is 3.60. The van der Waals surface area contributed by atoms with Crippen LogP contribution in [-0.4, -0.2) is 29.5 Å². The summed E-state index contributed by atoms with van der Waals surface area (Å²) in [5, 5.41) is 11.5. The van der Waals surface area contributed by atoms with Crippen LogP contribution in [0.15, 0.2) is 0 Å². The average molecular weight is 277 g/mol. The molecule has 0 radical (unpaired) electrons. The molecule has 19 heavy (non-hydrogen) atoms. The molecule has 1 aliphatic rings. The van der Waals surface area contributed by atoms with Gasteiger partial charge in [0.05, 0.1) is 5.92 Å². The van der Waals surface area contributed by atoms with Crippen molar-refractivity contribution >= 4 is 11.9 Å². The van der Waals surface area contributed by atoms with E-state index in [4.69, 9.17) is 5.11 Å². The zero-order valence-corrected chi connectivity index (χ0v) is 11.1. The fourth-order valence-electron chi connectivity index (χ4n) is 2.33. The normalized spacial score (nSPS) is 20.8. The number of hydrogen-bond acceptors (Lipinski definition) is 2. The first-order chi connectivity index (χ1) is 8.85. The van der Waals surface area contributed by atoms with E-state index in [9.17, 15) is 18.4 Å². The molecule has 0 heterocycles. The number of carboxylic acids is 1. The molecule has 0 spiro atoms. The average Bonchev–Trinajstić information content (AvgIpc) is 2.33. The monoisotopic (exact) mass is 277 g/mol. The van der Waals surface area contributed by atoms with E-state index in [0.29, 0.717) is 6.42 Å². The summed E-state index contributed by atoms with van der Waals surface area (Å²) in [5.41, 5.74) is 0. The highest BCUT2D eigenvalue weighted by atomic mass is 19.3. The van der Waals surface area contributed by atoms with Crippen LogP contribution >= 0.6 is 0 Å². The van der Waals surface area contributed by atoms with Crippen LogP contribution in [0, 0.1) is 11.8 Å². The van der Waals surface area contributed by atoms with Crippen molar-refractivity contribution in [3.63, 3.8) is 0 Å². The summed E-state index contributed by atoms with van der Waals surface area (Å²) in [6.45, 7) is 1.95. The minimum Gasteiger partial charge on any atom is -0.481 e. The van der Waals surface area contributed by atoms with Gasteiger partial charge in [-0.25, -0.2) is 8.78 Å². The lowest BCUT2D eigenvalue weighted by Gasteiger charge is -2.27. The Kier molecular flexibility index (Phi) is 5.69. The largest absolute Gasteiger partial charge is 0.481 e. The maximum Gasteiger partial charge on any atom is 0.308 e. The first-order valence-electron chi connectivity index (χ1n) is 6.74. The highest BCUT2D eigenvalue weighted by Crippen LogP contribution is 2.36. The van der Waals surface area contributed by atoms with Crippen LogP contribution in [0.5, 0.6) is 0 Å². The van der Waals surface area contributed by atoms with Crippen molar-refractivity contribution in [3.05, 3.63) is 0 Å². The minimum absolute atomic E-state index is 0.0783. The molecule has 2 N–H and O–H groups in total. The van der Waals surface area contributed by atoms with Crippen molar-refractivity contribution in [2.45, 2.75) is 51.4 Å². The van der Waals surface area contributed by atoms with Gasteiger partial charge in [0.1, 0.15) is 0 Å². The second kappa shape index (κ2) is 6.82. The van der Waals surface area contributed by atoms with Gasteiger partial charge >= 0.3 is 5.97 Å². The molecule has 1 aliphatic carbocycles. The second-order valence-electron chi connectivity index (χ2n) is 5.20. The quantitative estimate of drug-likeness (QED) is 0.783. The van der Waals surface area contributed by atoms with Gasteiger partial charge in [-0.05, 0) is 19.3 Å². The Bertz CT molecular complexity index is 324. The topological polar surface area (TPSA) is 66.4 Å². The number of nitrogens with one attached hydrogen (secondary N) is 1. The van der Waals surface area contributed by atoms with Gasteiger partial charge in [-0.1, -0.05) is 13.3 Å². The summed E-state index contributed by atoms with van der Waals surface area (Å²) in [5.74, 6) is -4.88. The predicted octanol–water partition coefficient (Wildman–Crippen LogP) is 2.43. The Morgan fingerprint density at radius 1 is 1.37 bits per heavy atom. The van der Waals surface area contributed by atoms with E-state index in [2.05, 4.69) is 5.32 Å². The standard InChI is InChI=1S/C13H21F2NO3/c1-2-3-10(12(18)19)8-16-11(17)9-4-6-13(14,15)7-5-9/h9-10H,2-8H2,1H3,(H,16,17)(H,18,19). The summed E-state index contributed by atoms with van der Waals surface area (Å²) in [6.07, 6.45) is 1.04. The van der Waals surface area contributed by atoms with Crippen LogP contribution < -0.4 is 5.32 Å². The molecule has 1 unspecified atom stereocenters. The molecule has 4 nitrogen and oxygen atoms in total. The van der Waals surface area contributed by atoms with E-state index in [-0.39, 0.29) is 38.1 Å². The lowest BCUT2D eigenvalue weighted by molar-refractivity contribution is -0.142. The Morgan fingerprint density at radius 3 is 2.42 bits per heavy atom. The van der Waals surface area contributed by atoms with Gasteiger partial charge in [-0.15, -0.1) is 0 Å². The third kappa shape index (κ3) is 5.12. The number of aliphatic carboxylic acids is 1. The van der Waals surface area contributed by atoms with Crippen LogP contribution in [0.3, 0.4) is 0 Å². The molecule has 0 aromatic carbocycles. The van der Waals surface area contributed by atoms with Crippen LogP contribution in [0.2, 0.25) is 0 Å². The number of carbonyl (C=O) groups is 2. The Morgan fingerprint density at radius 2 is 1.95 bits per heavy atom. The first kappa shape index (κ1) is 15.9. The van der Waals surface area contributed by atoms with Crippen molar-refractivity contribution in [1.82, 2.24) is 5.32 Å². The Hall–Kier alpha value is -1.20. The number of rotatable bonds is 6. The number of carbonyl (C=O) groups excluding carboxylic acids is 1. The molecule has 1 rings (SSSR count). The van der Waals surface area contributed by atoms with Gasteiger partial charge in [-0.2, -0.15) is 0 Å². The zero-order chi connectivity index (χ0) is 14.5. The van der Waals surface area contributed by atoms with Gasteiger partial charge in [0.15, 0.2) is 0 Å². The predicted molar refractivity (Wildman–Crippen MR) is 65.9 cm³/mol. The lowest BCUT2D eigenvalue weighted by atomic mass is 9.86. The molecule has 0 aliphatic heterocycles. The maximum atomic E-state index is 13.0. The summed E-state index contributed by atoms with van der Waals surface area (Å²) in [4.78, 5) is 22.7. The van der Waals surface area contributed by atoms with Crippen LogP contribution in [0.1, 0.15) is 45.4 Å². The maximum absolute atomic E-state index is 13.0. The molecule has 1 atom stereocenters. The first-order valence-corrected chi connectivity index (χ1v) is 6.74. The van der Waals surface area contributed by atoms with Gasteiger partial charge in [0.25, 0.3) is 0 Å². The van der Waals surface area contributed by atoms with E-state index in [1.807, 2.05) is 6.92 Å². The van der Waals surface area contributed by atoms with Crippen LogP contribution in [-0.2, 0) is 9.59 Å². The summed E-state index contributed by atoms with van der Waals surface area (Å²) in [6, 6.07) is 0. The Balaban J connectivity index is 2.37. The third-order valence-corrected chi connectivity index (χ3v) is 3.60. The number of alkyl halides is 2. The smallest absolute Gasteiger partial charge is 0.308 e. The van der Waals surface area contributed by atoms with Crippen molar-refractivity contribution in [2.24, 2.45) is 11.8 Å². The highest BCUT2D eigenvalue weighted by molar-refractivity contribution is 5.79. The summed E-state index contributed by atoms with van der Waals surface area (Å²) in [7, 11) is 0. The fraction of sp³-hybridized carbons (Fsp3) is 0.846. The molecular formula is C13H21F2NO3. The van der Waals surface area contributed by atoms with E-state index in [1.54, 1.807) is 0 Å². The zero-order valence-electron chi connectivity index (χ0n) is 11.1. The van der Waals surface area contributed by atoms with E-state index >= 15 is 0 Å². The number of halogens is 2. The molecule has 1 amide bonds. The van der Waals surface area contributed by atoms with Gasteiger partial charge in [0, 0.05) is 25.3 Å². The number of amides is 1. The molecule has 0 aromatic heterocycles. The van der Waals surface area contributed by atoms with E-state index in [0.717, 1.165) is 6.42 Å². The summed E-state index contributed by atoms with van der Waals surface area (Å²) >= 11 is 0. The molecule has 0 bridgehead atoms.